The number of rotatable bonds is 3. The Kier molecular flexibility index (Phi) is 2.42. The first-order valence-corrected chi connectivity index (χ1v) is 4.49. The molecule has 0 saturated heterocycles. The summed E-state index contributed by atoms with van der Waals surface area (Å²) in [6, 6.07) is 0.141. The molecule has 0 aromatic rings. The number of carbonyl (C=O) groups excluding carboxylic acids is 1. The van der Waals surface area contributed by atoms with E-state index in [-0.39, 0.29) is 11.9 Å². The lowest BCUT2D eigenvalue weighted by molar-refractivity contribution is -0.132. The third-order valence-corrected chi connectivity index (χ3v) is 2.51. The Morgan fingerprint density at radius 2 is 1.92 bits per heavy atom. The van der Waals surface area contributed by atoms with Crippen LogP contribution in [-0.4, -0.2) is 22.7 Å². The molecule has 1 saturated carbocycles. The number of aliphatic hydroxyl groups is 1. The van der Waals surface area contributed by atoms with Gasteiger partial charge in [-0.15, -0.1) is 0 Å². The zero-order valence-electron chi connectivity index (χ0n) is 7.92. The molecule has 0 aliphatic heterocycles. The van der Waals surface area contributed by atoms with Crippen LogP contribution in [0.5, 0.6) is 0 Å². The monoisotopic (exact) mass is 171 g/mol. The van der Waals surface area contributed by atoms with Crippen LogP contribution in [0.3, 0.4) is 0 Å². The van der Waals surface area contributed by atoms with Crippen LogP contribution in [0, 0.1) is 5.92 Å². The van der Waals surface area contributed by atoms with Gasteiger partial charge in [-0.05, 0) is 25.7 Å². The first kappa shape index (κ1) is 9.52. The number of nitrogens with one attached hydrogen (secondary N) is 1. The smallest absolute Gasteiger partial charge is 0.252 e. The van der Waals surface area contributed by atoms with Crippen molar-refractivity contribution in [2.24, 2.45) is 5.92 Å². The zero-order chi connectivity index (χ0) is 9.35. The second kappa shape index (κ2) is 3.05. The molecule has 0 heterocycles. The first-order valence-electron chi connectivity index (χ1n) is 4.49. The molecule has 1 atom stereocenters. The highest BCUT2D eigenvalue weighted by Crippen LogP contribution is 2.35. The Labute approximate surface area is 73.2 Å². The summed E-state index contributed by atoms with van der Waals surface area (Å²) in [5.41, 5.74) is -1.02. The molecule has 0 aromatic heterocycles. The van der Waals surface area contributed by atoms with Gasteiger partial charge in [0.15, 0.2) is 0 Å². The standard InChI is InChI=1S/C9H17NO2/c1-6(2)7(3)10-8(11)9(12)4-5-9/h6-7,12H,4-5H2,1-3H3,(H,10,11)/t7-/m0/s1. The summed E-state index contributed by atoms with van der Waals surface area (Å²) in [5.74, 6) is 0.208. The van der Waals surface area contributed by atoms with Crippen LogP contribution in [0.2, 0.25) is 0 Å². The summed E-state index contributed by atoms with van der Waals surface area (Å²) >= 11 is 0. The van der Waals surface area contributed by atoms with Gasteiger partial charge < -0.3 is 10.4 Å². The number of amides is 1. The quantitative estimate of drug-likeness (QED) is 0.655. The molecule has 1 fully saturated rings. The van der Waals surface area contributed by atoms with Crippen LogP contribution in [0.1, 0.15) is 33.6 Å². The molecule has 1 aliphatic rings. The van der Waals surface area contributed by atoms with Crippen molar-refractivity contribution in [3.8, 4) is 0 Å². The molecule has 1 aliphatic carbocycles. The van der Waals surface area contributed by atoms with Gasteiger partial charge in [0, 0.05) is 6.04 Å². The summed E-state index contributed by atoms with van der Waals surface area (Å²) in [4.78, 5) is 11.3. The SMILES string of the molecule is CC(C)[C@H](C)NC(=O)C1(O)CC1. The van der Waals surface area contributed by atoms with Gasteiger partial charge in [-0.2, -0.15) is 0 Å². The minimum absolute atomic E-state index is 0.141. The lowest BCUT2D eigenvalue weighted by Gasteiger charge is -2.19. The van der Waals surface area contributed by atoms with Gasteiger partial charge in [0.25, 0.3) is 5.91 Å². The number of carbonyl (C=O) groups is 1. The van der Waals surface area contributed by atoms with Gasteiger partial charge in [0.2, 0.25) is 0 Å². The van der Waals surface area contributed by atoms with Crippen molar-refractivity contribution in [2.45, 2.75) is 45.3 Å². The Balaban J connectivity index is 2.36. The summed E-state index contributed by atoms with van der Waals surface area (Å²) in [5, 5.41) is 12.2. The van der Waals surface area contributed by atoms with Gasteiger partial charge in [0.1, 0.15) is 5.60 Å². The van der Waals surface area contributed by atoms with Crippen molar-refractivity contribution in [2.75, 3.05) is 0 Å². The maximum atomic E-state index is 11.3. The molecule has 0 bridgehead atoms. The molecule has 70 valence electrons. The highest BCUT2D eigenvalue weighted by Gasteiger charge is 2.48. The molecule has 1 rings (SSSR count). The van der Waals surface area contributed by atoms with E-state index in [0.717, 1.165) is 0 Å². The van der Waals surface area contributed by atoms with Gasteiger partial charge in [0.05, 0.1) is 0 Å². The van der Waals surface area contributed by atoms with E-state index in [1.807, 2.05) is 20.8 Å². The average Bonchev–Trinajstić information content (AvgIpc) is 2.69. The minimum atomic E-state index is -1.02. The predicted molar refractivity (Wildman–Crippen MR) is 46.6 cm³/mol. The molecule has 2 N–H and O–H groups in total. The fraction of sp³-hybridized carbons (Fsp3) is 0.889. The molecule has 3 heteroatoms. The van der Waals surface area contributed by atoms with Crippen LogP contribution in [0.25, 0.3) is 0 Å². The van der Waals surface area contributed by atoms with E-state index in [1.165, 1.54) is 0 Å². The molecule has 0 unspecified atom stereocenters. The summed E-state index contributed by atoms with van der Waals surface area (Å²) in [7, 11) is 0. The maximum Gasteiger partial charge on any atom is 0.252 e. The molecular weight excluding hydrogens is 154 g/mol. The van der Waals surface area contributed by atoms with Crippen molar-refractivity contribution in [3.63, 3.8) is 0 Å². The molecule has 0 radical (unpaired) electrons. The van der Waals surface area contributed by atoms with Crippen molar-refractivity contribution in [1.29, 1.82) is 0 Å². The van der Waals surface area contributed by atoms with E-state index in [1.54, 1.807) is 0 Å². The summed E-state index contributed by atoms with van der Waals surface area (Å²) < 4.78 is 0. The highest BCUT2D eigenvalue weighted by molar-refractivity contribution is 5.87. The fourth-order valence-corrected chi connectivity index (χ4v) is 0.853. The minimum Gasteiger partial charge on any atom is -0.380 e. The van der Waals surface area contributed by atoms with E-state index in [4.69, 9.17) is 0 Å². The normalized spacial score (nSPS) is 22.1. The van der Waals surface area contributed by atoms with E-state index in [0.29, 0.717) is 18.8 Å². The average molecular weight is 171 g/mol. The summed E-state index contributed by atoms with van der Waals surface area (Å²) in [6.45, 7) is 6.04. The van der Waals surface area contributed by atoms with Crippen molar-refractivity contribution < 1.29 is 9.90 Å². The van der Waals surface area contributed by atoms with E-state index >= 15 is 0 Å². The van der Waals surface area contributed by atoms with Crippen LogP contribution in [0.4, 0.5) is 0 Å². The number of hydrogen-bond donors (Lipinski definition) is 2. The molecular formula is C9H17NO2. The van der Waals surface area contributed by atoms with Crippen molar-refractivity contribution in [1.82, 2.24) is 5.32 Å². The van der Waals surface area contributed by atoms with Crippen LogP contribution in [0.15, 0.2) is 0 Å². The first-order chi connectivity index (χ1) is 5.46. The second-order valence-electron chi connectivity index (χ2n) is 4.04. The third kappa shape index (κ3) is 1.97. The van der Waals surface area contributed by atoms with Gasteiger partial charge in [-0.25, -0.2) is 0 Å². The van der Waals surface area contributed by atoms with E-state index in [9.17, 15) is 9.90 Å². The van der Waals surface area contributed by atoms with Crippen LogP contribution in [-0.2, 0) is 4.79 Å². The lowest BCUT2D eigenvalue weighted by Crippen LogP contribution is -2.43. The Morgan fingerprint density at radius 3 is 2.25 bits per heavy atom. The maximum absolute atomic E-state index is 11.3. The van der Waals surface area contributed by atoms with Gasteiger partial charge in [-0.1, -0.05) is 13.8 Å². The van der Waals surface area contributed by atoms with Crippen LogP contribution >= 0.6 is 0 Å². The Bertz CT molecular complexity index is 185. The number of hydrogen-bond acceptors (Lipinski definition) is 2. The Morgan fingerprint density at radius 1 is 1.42 bits per heavy atom. The van der Waals surface area contributed by atoms with Gasteiger partial charge >= 0.3 is 0 Å². The van der Waals surface area contributed by atoms with Crippen molar-refractivity contribution in [3.05, 3.63) is 0 Å². The van der Waals surface area contributed by atoms with E-state index < -0.39 is 5.60 Å². The van der Waals surface area contributed by atoms with Crippen molar-refractivity contribution >= 4 is 5.91 Å². The summed E-state index contributed by atoms with van der Waals surface area (Å²) in [6.07, 6.45) is 1.23. The molecule has 3 nitrogen and oxygen atoms in total. The molecule has 0 aromatic carbocycles. The zero-order valence-corrected chi connectivity index (χ0v) is 7.92. The molecule has 0 spiro atoms. The second-order valence-corrected chi connectivity index (χ2v) is 4.04. The lowest BCUT2D eigenvalue weighted by atomic mass is 10.1. The fourth-order valence-electron chi connectivity index (χ4n) is 0.853. The largest absolute Gasteiger partial charge is 0.380 e. The molecule has 12 heavy (non-hydrogen) atoms. The molecule has 1 amide bonds. The topological polar surface area (TPSA) is 49.3 Å². The third-order valence-electron chi connectivity index (χ3n) is 2.51. The van der Waals surface area contributed by atoms with E-state index in [2.05, 4.69) is 5.32 Å². The van der Waals surface area contributed by atoms with Crippen LogP contribution < -0.4 is 5.32 Å². The predicted octanol–water partition coefficient (Wildman–Crippen LogP) is 0.672. The highest BCUT2D eigenvalue weighted by atomic mass is 16.3. The van der Waals surface area contributed by atoms with Gasteiger partial charge in [-0.3, -0.25) is 4.79 Å². The Hall–Kier alpha value is -0.570.